The summed E-state index contributed by atoms with van der Waals surface area (Å²) < 4.78 is 10.6. The van der Waals surface area contributed by atoms with Gasteiger partial charge in [0.25, 0.3) is 0 Å². The van der Waals surface area contributed by atoms with E-state index in [1.54, 1.807) is 12.5 Å². The number of hydrogen-bond donors (Lipinski definition) is 2. The van der Waals surface area contributed by atoms with Crippen LogP contribution in [-0.2, 0) is 11.2 Å². The quantitative estimate of drug-likeness (QED) is 0.850. The molecule has 1 unspecified atom stereocenters. The Kier molecular flexibility index (Phi) is 3.56. The maximum absolute atomic E-state index is 6.06. The predicted molar refractivity (Wildman–Crippen MR) is 66.3 cm³/mol. The highest BCUT2D eigenvalue weighted by molar-refractivity contribution is 5.04. The van der Waals surface area contributed by atoms with E-state index in [9.17, 15) is 0 Å². The number of rotatable bonds is 4. The molecular formula is C12H17N5O2. The van der Waals surface area contributed by atoms with E-state index in [0.29, 0.717) is 18.2 Å². The van der Waals surface area contributed by atoms with Gasteiger partial charge in [0.05, 0.1) is 12.4 Å². The second-order valence-corrected chi connectivity index (χ2v) is 4.76. The number of nitrogens with one attached hydrogen (secondary N) is 1. The third-order valence-corrected chi connectivity index (χ3v) is 3.36. The summed E-state index contributed by atoms with van der Waals surface area (Å²) >= 11 is 0. The van der Waals surface area contributed by atoms with Crippen LogP contribution in [0.1, 0.15) is 42.2 Å². The minimum absolute atomic E-state index is 0.304. The van der Waals surface area contributed by atoms with E-state index in [2.05, 4.69) is 20.1 Å². The lowest BCUT2D eigenvalue weighted by Gasteiger charge is -2.18. The Morgan fingerprint density at radius 2 is 2.26 bits per heavy atom. The zero-order valence-corrected chi connectivity index (χ0v) is 10.6. The van der Waals surface area contributed by atoms with Crippen LogP contribution < -0.4 is 5.73 Å². The summed E-state index contributed by atoms with van der Waals surface area (Å²) in [4.78, 5) is 11.4. The van der Waals surface area contributed by atoms with Crippen molar-refractivity contribution >= 4 is 0 Å². The summed E-state index contributed by atoms with van der Waals surface area (Å²) in [5, 5.41) is 4.04. The van der Waals surface area contributed by atoms with Crippen LogP contribution in [0.4, 0.5) is 0 Å². The van der Waals surface area contributed by atoms with Crippen LogP contribution in [-0.4, -0.2) is 33.3 Å². The largest absolute Gasteiger partial charge is 0.381 e. The molecule has 7 heteroatoms. The predicted octanol–water partition coefficient (Wildman–Crippen LogP) is 0.929. The molecule has 0 radical (unpaired) electrons. The molecule has 2 aromatic rings. The van der Waals surface area contributed by atoms with Gasteiger partial charge < -0.3 is 20.0 Å². The van der Waals surface area contributed by atoms with Gasteiger partial charge in [0.2, 0.25) is 5.89 Å². The van der Waals surface area contributed by atoms with E-state index in [1.165, 1.54) is 0 Å². The summed E-state index contributed by atoms with van der Waals surface area (Å²) in [5.74, 6) is 1.56. The molecular weight excluding hydrogens is 246 g/mol. The average molecular weight is 263 g/mol. The molecule has 1 aliphatic heterocycles. The van der Waals surface area contributed by atoms with Gasteiger partial charge in [-0.05, 0) is 12.8 Å². The van der Waals surface area contributed by atoms with Crippen LogP contribution in [0.2, 0.25) is 0 Å². The van der Waals surface area contributed by atoms with E-state index in [0.717, 1.165) is 37.6 Å². The number of hydrogen-bond acceptors (Lipinski definition) is 6. The molecule has 2 aromatic heterocycles. The maximum Gasteiger partial charge on any atom is 0.243 e. The number of nitrogens with two attached hydrogens (primary N) is 1. The summed E-state index contributed by atoms with van der Waals surface area (Å²) in [6, 6.07) is -0.304. The van der Waals surface area contributed by atoms with Gasteiger partial charge >= 0.3 is 0 Å². The number of ether oxygens (including phenoxy) is 1. The molecule has 7 nitrogen and oxygen atoms in total. The van der Waals surface area contributed by atoms with Crippen molar-refractivity contribution in [3.63, 3.8) is 0 Å². The lowest BCUT2D eigenvalue weighted by molar-refractivity contribution is 0.0830. The molecule has 19 heavy (non-hydrogen) atoms. The molecule has 0 aromatic carbocycles. The highest BCUT2D eigenvalue weighted by atomic mass is 16.5. The number of nitrogens with zero attached hydrogens (tertiary/aromatic N) is 3. The summed E-state index contributed by atoms with van der Waals surface area (Å²) in [6.07, 6.45) is 5.86. The van der Waals surface area contributed by atoms with Crippen molar-refractivity contribution in [2.45, 2.75) is 31.2 Å². The zero-order chi connectivity index (χ0) is 13.1. The van der Waals surface area contributed by atoms with Gasteiger partial charge in [-0.15, -0.1) is 0 Å². The van der Waals surface area contributed by atoms with E-state index in [-0.39, 0.29) is 6.04 Å². The second-order valence-electron chi connectivity index (χ2n) is 4.76. The Balaban J connectivity index is 1.66. The monoisotopic (exact) mass is 263 g/mol. The van der Waals surface area contributed by atoms with Crippen LogP contribution in [0.25, 0.3) is 0 Å². The first-order valence-corrected chi connectivity index (χ1v) is 6.47. The van der Waals surface area contributed by atoms with Gasteiger partial charge in [0.1, 0.15) is 0 Å². The number of imidazole rings is 1. The summed E-state index contributed by atoms with van der Waals surface area (Å²) in [5.41, 5.74) is 7.02. The van der Waals surface area contributed by atoms with Crippen molar-refractivity contribution in [3.05, 3.63) is 29.9 Å². The molecule has 1 atom stereocenters. The molecule has 0 saturated carbocycles. The van der Waals surface area contributed by atoms with Crippen molar-refractivity contribution in [1.82, 2.24) is 20.1 Å². The van der Waals surface area contributed by atoms with Crippen LogP contribution in [0.15, 0.2) is 17.0 Å². The SMILES string of the molecule is NC(Cc1cnc[nH]1)c1nc(C2CCOCC2)no1. The highest BCUT2D eigenvalue weighted by Crippen LogP contribution is 2.25. The third kappa shape index (κ3) is 2.82. The first-order chi connectivity index (χ1) is 9.33. The van der Waals surface area contributed by atoms with E-state index < -0.39 is 0 Å². The fourth-order valence-electron chi connectivity index (χ4n) is 2.24. The molecule has 0 bridgehead atoms. The zero-order valence-electron chi connectivity index (χ0n) is 10.6. The highest BCUT2D eigenvalue weighted by Gasteiger charge is 2.23. The molecule has 1 aliphatic rings. The van der Waals surface area contributed by atoms with E-state index in [1.807, 2.05) is 0 Å². The Morgan fingerprint density at radius 1 is 1.42 bits per heavy atom. The van der Waals surface area contributed by atoms with Crippen molar-refractivity contribution in [1.29, 1.82) is 0 Å². The maximum atomic E-state index is 6.06. The average Bonchev–Trinajstić information content (AvgIpc) is 3.10. The molecule has 0 amide bonds. The van der Waals surface area contributed by atoms with Crippen molar-refractivity contribution in [2.75, 3.05) is 13.2 Å². The van der Waals surface area contributed by atoms with Gasteiger partial charge in [-0.1, -0.05) is 5.16 Å². The lowest BCUT2D eigenvalue weighted by Crippen LogP contribution is -2.16. The van der Waals surface area contributed by atoms with Gasteiger partial charge in [-0.2, -0.15) is 4.98 Å². The van der Waals surface area contributed by atoms with Crippen LogP contribution in [0.5, 0.6) is 0 Å². The summed E-state index contributed by atoms with van der Waals surface area (Å²) in [7, 11) is 0. The van der Waals surface area contributed by atoms with Crippen molar-refractivity contribution in [2.24, 2.45) is 5.73 Å². The molecule has 3 N–H and O–H groups in total. The van der Waals surface area contributed by atoms with Crippen LogP contribution >= 0.6 is 0 Å². The normalized spacial score (nSPS) is 18.6. The Morgan fingerprint density at radius 3 is 3.00 bits per heavy atom. The Bertz CT molecular complexity index is 504. The Labute approximate surface area is 110 Å². The van der Waals surface area contributed by atoms with E-state index >= 15 is 0 Å². The minimum atomic E-state index is -0.304. The molecule has 1 fully saturated rings. The second kappa shape index (κ2) is 5.50. The van der Waals surface area contributed by atoms with Gasteiger partial charge in [-0.3, -0.25) is 0 Å². The van der Waals surface area contributed by atoms with Gasteiger partial charge in [0, 0.05) is 37.4 Å². The fourth-order valence-corrected chi connectivity index (χ4v) is 2.24. The molecule has 0 aliphatic carbocycles. The van der Waals surface area contributed by atoms with E-state index in [4.69, 9.17) is 15.0 Å². The topological polar surface area (TPSA) is 103 Å². The van der Waals surface area contributed by atoms with Gasteiger partial charge in [0.15, 0.2) is 5.82 Å². The number of aromatic amines is 1. The smallest absolute Gasteiger partial charge is 0.243 e. The molecule has 3 heterocycles. The number of aromatic nitrogens is 4. The lowest BCUT2D eigenvalue weighted by atomic mass is 10.00. The Hall–Kier alpha value is -1.73. The summed E-state index contributed by atoms with van der Waals surface area (Å²) in [6.45, 7) is 1.52. The minimum Gasteiger partial charge on any atom is -0.381 e. The molecule has 3 rings (SSSR count). The molecule has 1 saturated heterocycles. The fraction of sp³-hybridized carbons (Fsp3) is 0.583. The number of H-pyrrole nitrogens is 1. The standard InChI is InChI=1S/C12H17N5O2/c13-10(5-9-6-14-7-15-9)12-16-11(17-19-12)8-1-3-18-4-2-8/h6-8,10H,1-5,13H2,(H,14,15). The first-order valence-electron chi connectivity index (χ1n) is 6.47. The molecule has 0 spiro atoms. The van der Waals surface area contributed by atoms with Crippen LogP contribution in [0.3, 0.4) is 0 Å². The van der Waals surface area contributed by atoms with Crippen molar-refractivity contribution < 1.29 is 9.26 Å². The first kappa shape index (κ1) is 12.3. The van der Waals surface area contributed by atoms with Gasteiger partial charge in [-0.25, -0.2) is 4.98 Å². The van der Waals surface area contributed by atoms with Crippen molar-refractivity contribution in [3.8, 4) is 0 Å². The molecule has 102 valence electrons. The third-order valence-electron chi connectivity index (χ3n) is 3.36. The van der Waals surface area contributed by atoms with Crippen LogP contribution in [0, 0.1) is 0 Å².